The lowest BCUT2D eigenvalue weighted by molar-refractivity contribution is -0.130. The van der Waals surface area contributed by atoms with Crippen molar-refractivity contribution in [2.45, 2.75) is 6.61 Å². The maximum Gasteiger partial charge on any atom is 0.387 e. The zero-order valence-electron chi connectivity index (χ0n) is 14.2. The molecule has 1 N–H and O–H groups in total. The van der Waals surface area contributed by atoms with E-state index in [1.807, 2.05) is 42.5 Å². The molecule has 0 aliphatic heterocycles. The second-order valence-electron chi connectivity index (χ2n) is 5.72. The maximum absolute atomic E-state index is 12.6. The Balaban J connectivity index is 1.97. The number of carboxylic acid groups (broad SMARTS) is 1. The number of hydrogen-bond donors (Lipinski definition) is 1. The Labute approximate surface area is 155 Å². The smallest absolute Gasteiger partial charge is 0.387 e. The molecular formula is C22H16F2O3. The van der Waals surface area contributed by atoms with E-state index >= 15 is 0 Å². The van der Waals surface area contributed by atoms with Crippen LogP contribution in [0.4, 0.5) is 8.78 Å². The fourth-order valence-corrected chi connectivity index (χ4v) is 2.70. The Bertz CT molecular complexity index is 949. The first-order chi connectivity index (χ1) is 13.0. The topological polar surface area (TPSA) is 46.5 Å². The molecule has 5 heteroatoms. The number of carboxylic acids is 1. The Morgan fingerprint density at radius 3 is 2.07 bits per heavy atom. The molecule has 0 unspecified atom stereocenters. The molecule has 3 aromatic rings. The van der Waals surface area contributed by atoms with Gasteiger partial charge in [0.05, 0.1) is 5.57 Å². The second kappa shape index (κ2) is 8.27. The lowest BCUT2D eigenvalue weighted by atomic mass is 9.98. The van der Waals surface area contributed by atoms with E-state index in [1.54, 1.807) is 24.3 Å². The standard InChI is InChI=1S/C22H16F2O3/c23-22(24)27-20-9-5-4-8-18(20)14-19(21(25)26)17-12-10-16(11-13-17)15-6-2-1-3-7-15/h1-14,22H,(H,25,26)/b19-14+. The first-order valence-electron chi connectivity index (χ1n) is 8.19. The van der Waals surface area contributed by atoms with Gasteiger partial charge < -0.3 is 9.84 Å². The molecule has 0 spiro atoms. The molecule has 0 aromatic heterocycles. The van der Waals surface area contributed by atoms with E-state index in [0.29, 0.717) is 5.56 Å². The third-order valence-electron chi connectivity index (χ3n) is 3.97. The molecule has 0 saturated carbocycles. The van der Waals surface area contributed by atoms with Crippen LogP contribution in [0.2, 0.25) is 0 Å². The van der Waals surface area contributed by atoms with Crippen LogP contribution < -0.4 is 4.74 Å². The molecule has 136 valence electrons. The summed E-state index contributed by atoms with van der Waals surface area (Å²) in [6.45, 7) is -2.99. The highest BCUT2D eigenvalue weighted by Gasteiger charge is 2.14. The molecule has 27 heavy (non-hydrogen) atoms. The maximum atomic E-state index is 12.6. The molecule has 0 heterocycles. The van der Waals surface area contributed by atoms with Gasteiger partial charge in [0, 0.05) is 5.56 Å². The van der Waals surface area contributed by atoms with Gasteiger partial charge in [0.2, 0.25) is 0 Å². The Kier molecular flexibility index (Phi) is 5.61. The van der Waals surface area contributed by atoms with Crippen molar-refractivity contribution in [3.63, 3.8) is 0 Å². The number of hydrogen-bond acceptors (Lipinski definition) is 2. The number of para-hydroxylation sites is 1. The fraction of sp³-hybridized carbons (Fsp3) is 0.0455. The average molecular weight is 366 g/mol. The van der Waals surface area contributed by atoms with Gasteiger partial charge >= 0.3 is 12.6 Å². The van der Waals surface area contributed by atoms with Crippen molar-refractivity contribution >= 4 is 17.6 Å². The van der Waals surface area contributed by atoms with E-state index in [9.17, 15) is 18.7 Å². The van der Waals surface area contributed by atoms with Gasteiger partial charge in [-0.1, -0.05) is 72.8 Å². The van der Waals surface area contributed by atoms with E-state index in [-0.39, 0.29) is 16.9 Å². The summed E-state index contributed by atoms with van der Waals surface area (Å²) in [4.78, 5) is 11.7. The summed E-state index contributed by atoms with van der Waals surface area (Å²) in [6, 6.07) is 22.8. The van der Waals surface area contributed by atoms with Gasteiger partial charge in [-0.15, -0.1) is 0 Å². The molecule has 0 saturated heterocycles. The second-order valence-corrected chi connectivity index (χ2v) is 5.72. The average Bonchev–Trinajstić information content (AvgIpc) is 2.67. The van der Waals surface area contributed by atoms with Crippen molar-refractivity contribution in [2.24, 2.45) is 0 Å². The molecular weight excluding hydrogens is 350 g/mol. The highest BCUT2D eigenvalue weighted by molar-refractivity contribution is 6.20. The summed E-state index contributed by atoms with van der Waals surface area (Å²) in [5.41, 5.74) is 2.68. The van der Waals surface area contributed by atoms with Crippen molar-refractivity contribution < 1.29 is 23.4 Å². The van der Waals surface area contributed by atoms with E-state index in [2.05, 4.69) is 4.74 Å². The number of benzene rings is 3. The molecule has 3 rings (SSSR count). The normalized spacial score (nSPS) is 11.4. The van der Waals surface area contributed by atoms with Gasteiger partial charge in [0.1, 0.15) is 5.75 Å². The highest BCUT2D eigenvalue weighted by atomic mass is 19.3. The van der Waals surface area contributed by atoms with Gasteiger partial charge in [0.15, 0.2) is 0 Å². The molecule has 0 bridgehead atoms. The number of alkyl halides is 2. The van der Waals surface area contributed by atoms with Crippen molar-refractivity contribution in [1.29, 1.82) is 0 Å². The first kappa shape index (κ1) is 18.3. The fourth-order valence-electron chi connectivity index (χ4n) is 2.70. The lowest BCUT2D eigenvalue weighted by Crippen LogP contribution is -2.04. The Morgan fingerprint density at radius 1 is 0.852 bits per heavy atom. The van der Waals surface area contributed by atoms with Crippen LogP contribution >= 0.6 is 0 Å². The van der Waals surface area contributed by atoms with Gasteiger partial charge in [-0.3, -0.25) is 0 Å². The van der Waals surface area contributed by atoms with Crippen LogP contribution in [0.3, 0.4) is 0 Å². The van der Waals surface area contributed by atoms with E-state index < -0.39 is 12.6 Å². The Morgan fingerprint density at radius 2 is 1.44 bits per heavy atom. The Hall–Kier alpha value is -3.47. The number of halogens is 2. The zero-order chi connectivity index (χ0) is 19.2. The van der Waals surface area contributed by atoms with Crippen molar-refractivity contribution in [2.75, 3.05) is 0 Å². The van der Waals surface area contributed by atoms with Gasteiger partial charge in [0.25, 0.3) is 0 Å². The van der Waals surface area contributed by atoms with Gasteiger partial charge in [-0.25, -0.2) is 4.79 Å². The summed E-state index contributed by atoms with van der Waals surface area (Å²) in [7, 11) is 0. The minimum Gasteiger partial charge on any atom is -0.478 e. The number of rotatable bonds is 6. The van der Waals surface area contributed by atoms with E-state index in [0.717, 1.165) is 11.1 Å². The van der Waals surface area contributed by atoms with Crippen LogP contribution in [-0.4, -0.2) is 17.7 Å². The van der Waals surface area contributed by atoms with Crippen molar-refractivity contribution in [3.8, 4) is 16.9 Å². The summed E-state index contributed by atoms with van der Waals surface area (Å²) in [6.07, 6.45) is 1.33. The van der Waals surface area contributed by atoms with E-state index in [1.165, 1.54) is 18.2 Å². The van der Waals surface area contributed by atoms with Gasteiger partial charge in [-0.2, -0.15) is 8.78 Å². The van der Waals surface area contributed by atoms with E-state index in [4.69, 9.17) is 0 Å². The van der Waals surface area contributed by atoms with Crippen molar-refractivity contribution in [1.82, 2.24) is 0 Å². The number of aliphatic carboxylic acids is 1. The summed E-state index contributed by atoms with van der Waals surface area (Å²) in [5.74, 6) is -1.23. The predicted molar refractivity (Wildman–Crippen MR) is 100 cm³/mol. The minimum absolute atomic E-state index is 0.0140. The summed E-state index contributed by atoms with van der Waals surface area (Å²) >= 11 is 0. The molecule has 0 aliphatic rings. The SMILES string of the molecule is O=C(O)/C(=C/c1ccccc1OC(F)F)c1ccc(-c2ccccc2)cc1. The van der Waals surface area contributed by atoms with Crippen LogP contribution in [0.15, 0.2) is 78.9 Å². The minimum atomic E-state index is -2.99. The highest BCUT2D eigenvalue weighted by Crippen LogP contribution is 2.28. The zero-order valence-corrected chi connectivity index (χ0v) is 14.2. The number of ether oxygens (including phenoxy) is 1. The van der Waals surface area contributed by atoms with Crippen LogP contribution in [0, 0.1) is 0 Å². The molecule has 3 nitrogen and oxygen atoms in total. The molecule has 0 radical (unpaired) electrons. The molecule has 3 aromatic carbocycles. The van der Waals surface area contributed by atoms with Crippen LogP contribution in [0.1, 0.15) is 11.1 Å². The lowest BCUT2D eigenvalue weighted by Gasteiger charge is -2.10. The molecule has 0 aliphatic carbocycles. The molecule has 0 amide bonds. The van der Waals surface area contributed by atoms with Crippen LogP contribution in [0.5, 0.6) is 5.75 Å². The first-order valence-corrected chi connectivity index (χ1v) is 8.19. The third kappa shape index (κ3) is 4.58. The monoisotopic (exact) mass is 366 g/mol. The number of carbonyl (C=O) groups is 1. The molecule has 0 atom stereocenters. The summed E-state index contributed by atoms with van der Waals surface area (Å²) < 4.78 is 29.6. The predicted octanol–water partition coefficient (Wildman–Crippen LogP) is 5.58. The van der Waals surface area contributed by atoms with Crippen LogP contribution in [-0.2, 0) is 4.79 Å². The van der Waals surface area contributed by atoms with Gasteiger partial charge in [-0.05, 0) is 28.8 Å². The quantitative estimate of drug-likeness (QED) is 0.458. The molecule has 0 fully saturated rings. The third-order valence-corrected chi connectivity index (χ3v) is 3.97. The largest absolute Gasteiger partial charge is 0.478 e. The summed E-state index contributed by atoms with van der Waals surface area (Å²) in [5, 5.41) is 9.59. The van der Waals surface area contributed by atoms with Crippen LogP contribution in [0.25, 0.3) is 22.8 Å². The van der Waals surface area contributed by atoms with Crippen molar-refractivity contribution in [3.05, 3.63) is 90.0 Å².